The molecule has 0 aliphatic carbocycles. The maximum absolute atomic E-state index is 11.5. The summed E-state index contributed by atoms with van der Waals surface area (Å²) in [4.78, 5) is 11.1. The molecule has 0 spiro atoms. The van der Waals surface area contributed by atoms with E-state index in [0.717, 1.165) is 44.7 Å². The van der Waals surface area contributed by atoms with Crippen LogP contribution < -0.4 is 10.2 Å². The molecule has 8 nitrogen and oxygen atoms in total. The van der Waals surface area contributed by atoms with Crippen LogP contribution in [0.25, 0.3) is 0 Å². The van der Waals surface area contributed by atoms with E-state index in [1.807, 2.05) is 0 Å². The summed E-state index contributed by atoms with van der Waals surface area (Å²) in [6, 6.07) is 3.95. The highest BCUT2D eigenvalue weighted by Crippen LogP contribution is 2.29. The first-order valence-corrected chi connectivity index (χ1v) is 12.1. The molecule has 3 heterocycles. The lowest BCUT2D eigenvalue weighted by Gasteiger charge is -2.33. The molecule has 3 rings (SSSR count). The van der Waals surface area contributed by atoms with Crippen molar-refractivity contribution >= 4 is 21.7 Å². The third kappa shape index (κ3) is 5.68. The topological polar surface area (TPSA) is 101 Å². The molecule has 1 atom stereocenters. The predicted octanol–water partition coefficient (Wildman–Crippen LogP) is 3.35. The number of hydrogen-bond acceptors (Lipinski definition) is 8. The summed E-state index contributed by atoms with van der Waals surface area (Å²) in [5.74, 6) is 3.00. The molecular formula is C20H31N5O3S. The molecule has 2 aromatic rings. The van der Waals surface area contributed by atoms with Crippen molar-refractivity contribution in [2.75, 3.05) is 36.1 Å². The van der Waals surface area contributed by atoms with Crippen molar-refractivity contribution in [2.45, 2.75) is 50.8 Å². The Balaban J connectivity index is 1.42. The molecule has 9 heteroatoms. The summed E-state index contributed by atoms with van der Waals surface area (Å²) in [5.41, 5.74) is 0. The van der Waals surface area contributed by atoms with Crippen molar-refractivity contribution in [1.29, 1.82) is 0 Å². The van der Waals surface area contributed by atoms with Crippen molar-refractivity contribution in [1.82, 2.24) is 15.1 Å². The van der Waals surface area contributed by atoms with Crippen LogP contribution in [-0.4, -0.2) is 49.4 Å². The van der Waals surface area contributed by atoms with Crippen molar-refractivity contribution in [3.05, 3.63) is 24.2 Å². The fourth-order valence-corrected chi connectivity index (χ4v) is 4.18. The summed E-state index contributed by atoms with van der Waals surface area (Å²) in [5, 5.41) is 7.35. The van der Waals surface area contributed by atoms with Crippen molar-refractivity contribution in [3.8, 4) is 0 Å². The van der Waals surface area contributed by atoms with Crippen LogP contribution in [0.5, 0.6) is 0 Å². The van der Waals surface area contributed by atoms with Gasteiger partial charge in [-0.1, -0.05) is 25.9 Å². The smallest absolute Gasteiger partial charge is 0.324 e. The molecule has 0 bridgehead atoms. The van der Waals surface area contributed by atoms with E-state index in [1.54, 1.807) is 12.1 Å². The van der Waals surface area contributed by atoms with Gasteiger partial charge in [0.2, 0.25) is 0 Å². The second-order valence-electron chi connectivity index (χ2n) is 8.26. The van der Waals surface area contributed by atoms with E-state index >= 15 is 0 Å². The van der Waals surface area contributed by atoms with Crippen molar-refractivity contribution in [2.24, 2.45) is 11.8 Å². The number of sulfone groups is 1. The molecule has 0 saturated carbocycles. The minimum Gasteiger partial charge on any atom is -0.370 e. The van der Waals surface area contributed by atoms with Crippen molar-refractivity contribution in [3.63, 3.8) is 0 Å². The van der Waals surface area contributed by atoms with Gasteiger partial charge in [-0.15, -0.1) is 0 Å². The molecule has 0 unspecified atom stereocenters. The molecule has 0 radical (unpaired) electrons. The zero-order valence-corrected chi connectivity index (χ0v) is 18.4. The van der Waals surface area contributed by atoms with Crippen molar-refractivity contribution < 1.29 is 12.9 Å². The predicted molar refractivity (Wildman–Crippen MR) is 113 cm³/mol. The molecule has 1 N–H and O–H groups in total. The van der Waals surface area contributed by atoms with Gasteiger partial charge in [-0.05, 0) is 43.2 Å². The lowest BCUT2D eigenvalue weighted by Crippen LogP contribution is -2.36. The van der Waals surface area contributed by atoms with Gasteiger partial charge in [-0.3, -0.25) is 0 Å². The zero-order valence-electron chi connectivity index (χ0n) is 17.6. The Kier molecular flexibility index (Phi) is 6.77. The van der Waals surface area contributed by atoms with E-state index in [-0.39, 0.29) is 10.8 Å². The van der Waals surface area contributed by atoms with E-state index in [2.05, 4.69) is 46.1 Å². The average molecular weight is 422 g/mol. The monoisotopic (exact) mass is 421 g/mol. The van der Waals surface area contributed by atoms with Gasteiger partial charge < -0.3 is 14.7 Å². The van der Waals surface area contributed by atoms with E-state index in [4.69, 9.17) is 4.52 Å². The Hall–Kier alpha value is -2.16. The molecule has 1 fully saturated rings. The Morgan fingerprint density at radius 3 is 2.52 bits per heavy atom. The zero-order chi connectivity index (χ0) is 21.0. The number of hydrogen-bond donors (Lipinski definition) is 1. The molecule has 1 aliphatic rings. The first kappa shape index (κ1) is 21.5. The quantitative estimate of drug-likeness (QED) is 0.692. The number of rotatable bonds is 8. The molecule has 0 aromatic carbocycles. The number of nitrogens with zero attached hydrogens (tertiary/aromatic N) is 4. The first-order valence-electron chi connectivity index (χ1n) is 10.2. The number of pyridine rings is 1. The second-order valence-corrected chi connectivity index (χ2v) is 10.3. The van der Waals surface area contributed by atoms with Gasteiger partial charge >= 0.3 is 6.01 Å². The van der Waals surface area contributed by atoms with E-state index in [0.29, 0.717) is 23.7 Å². The lowest BCUT2D eigenvalue weighted by atomic mass is 9.83. The summed E-state index contributed by atoms with van der Waals surface area (Å²) in [6.07, 6.45) is 5.85. The summed E-state index contributed by atoms with van der Waals surface area (Å²) >= 11 is 0. The van der Waals surface area contributed by atoms with Gasteiger partial charge in [0.25, 0.3) is 0 Å². The van der Waals surface area contributed by atoms with Crippen LogP contribution in [0.4, 0.5) is 11.8 Å². The number of aromatic nitrogens is 3. The van der Waals surface area contributed by atoms with Crippen LogP contribution in [0.1, 0.15) is 51.8 Å². The SMILES string of the molecule is CC(C)c1noc(N2CCC([C@H](C)CCNc3ccc(S(C)(=O)=O)cn3)CC2)n1. The molecular weight excluding hydrogens is 390 g/mol. The van der Waals surface area contributed by atoms with Crippen LogP contribution in [-0.2, 0) is 9.84 Å². The molecule has 1 aliphatic heterocycles. The minimum atomic E-state index is -3.21. The lowest BCUT2D eigenvalue weighted by molar-refractivity contribution is 0.275. The van der Waals surface area contributed by atoms with Crippen LogP contribution in [0.2, 0.25) is 0 Å². The number of anilines is 2. The summed E-state index contributed by atoms with van der Waals surface area (Å²) in [6.45, 7) is 9.12. The maximum atomic E-state index is 11.5. The highest BCUT2D eigenvalue weighted by atomic mass is 32.2. The van der Waals surface area contributed by atoms with Gasteiger partial charge in [0.05, 0.1) is 4.90 Å². The second kappa shape index (κ2) is 9.11. The normalized spacial score (nSPS) is 16.9. The molecule has 2 aromatic heterocycles. The average Bonchev–Trinajstić information content (AvgIpc) is 3.18. The fraction of sp³-hybridized carbons (Fsp3) is 0.650. The Morgan fingerprint density at radius 1 is 1.24 bits per heavy atom. The van der Waals surface area contributed by atoms with Gasteiger partial charge in [0, 0.05) is 38.0 Å². The van der Waals surface area contributed by atoms with E-state index < -0.39 is 9.84 Å². The molecule has 160 valence electrons. The van der Waals surface area contributed by atoms with Gasteiger partial charge in [-0.2, -0.15) is 4.98 Å². The number of piperidine rings is 1. The third-order valence-electron chi connectivity index (χ3n) is 5.63. The Bertz CT molecular complexity index is 887. The van der Waals surface area contributed by atoms with Crippen LogP contribution >= 0.6 is 0 Å². The largest absolute Gasteiger partial charge is 0.370 e. The first-order chi connectivity index (χ1) is 13.7. The van der Waals surface area contributed by atoms with Crippen LogP contribution in [0.15, 0.2) is 27.7 Å². The Labute approximate surface area is 173 Å². The van der Waals surface area contributed by atoms with E-state index in [1.165, 1.54) is 12.5 Å². The van der Waals surface area contributed by atoms with E-state index in [9.17, 15) is 8.42 Å². The fourth-order valence-electron chi connectivity index (χ4n) is 3.62. The van der Waals surface area contributed by atoms with Gasteiger partial charge in [0.1, 0.15) is 5.82 Å². The molecule has 29 heavy (non-hydrogen) atoms. The standard InChI is InChI=1S/C20H31N5O3S/c1-14(2)19-23-20(28-24-19)25-11-8-16(9-12-25)15(3)7-10-21-18-6-5-17(13-22-18)29(4,26)27/h5-6,13-16H,7-12H2,1-4H3,(H,21,22)/t15-/m1/s1. The molecule has 0 amide bonds. The third-order valence-corrected chi connectivity index (χ3v) is 6.73. The summed E-state index contributed by atoms with van der Waals surface area (Å²) < 4.78 is 28.4. The van der Waals surface area contributed by atoms with Gasteiger partial charge in [-0.25, -0.2) is 13.4 Å². The maximum Gasteiger partial charge on any atom is 0.324 e. The molecule has 1 saturated heterocycles. The number of nitrogens with one attached hydrogen (secondary N) is 1. The highest BCUT2D eigenvalue weighted by Gasteiger charge is 2.26. The van der Waals surface area contributed by atoms with Crippen LogP contribution in [0, 0.1) is 11.8 Å². The summed E-state index contributed by atoms with van der Waals surface area (Å²) in [7, 11) is -3.21. The Morgan fingerprint density at radius 2 is 1.97 bits per heavy atom. The minimum absolute atomic E-state index is 0.241. The highest BCUT2D eigenvalue weighted by molar-refractivity contribution is 7.90. The van der Waals surface area contributed by atoms with Gasteiger partial charge in [0.15, 0.2) is 15.7 Å². The van der Waals surface area contributed by atoms with Crippen LogP contribution in [0.3, 0.4) is 0 Å².